The van der Waals surface area contributed by atoms with Crippen molar-refractivity contribution >= 4 is 39.1 Å². The maximum Gasteiger partial charge on any atom is 0.407 e. The molecule has 0 spiro atoms. The smallest absolute Gasteiger partial charge is 0.407 e. The van der Waals surface area contributed by atoms with Crippen molar-refractivity contribution in [1.29, 1.82) is 0 Å². The van der Waals surface area contributed by atoms with Gasteiger partial charge in [-0.15, -0.1) is 0 Å². The highest BCUT2D eigenvalue weighted by atomic mass is 32.2. The summed E-state index contributed by atoms with van der Waals surface area (Å²) in [6.07, 6.45) is -0.509. The molecule has 166 valence electrons. The number of ether oxygens (including phenoxy) is 2. The second-order valence-corrected chi connectivity index (χ2v) is 10.9. The quantitative estimate of drug-likeness (QED) is 0.622. The Morgan fingerprint density at radius 1 is 1.27 bits per heavy atom. The van der Waals surface area contributed by atoms with Crippen LogP contribution in [0.25, 0.3) is 0 Å². The largest absolute Gasteiger partial charge is 0.497 e. The van der Waals surface area contributed by atoms with Crippen molar-refractivity contribution in [1.82, 2.24) is 5.32 Å². The molecule has 0 unspecified atom stereocenters. The van der Waals surface area contributed by atoms with Gasteiger partial charge in [0.05, 0.1) is 7.11 Å². The molecule has 0 aromatic heterocycles. The van der Waals surface area contributed by atoms with E-state index in [1.54, 1.807) is 18.9 Å². The average molecular weight is 453 g/mol. The number of alkyl carbamates (subject to hydrolysis) is 1. The Bertz CT molecular complexity index is 787. The van der Waals surface area contributed by atoms with Gasteiger partial charge in [-0.3, -0.25) is 9.79 Å². The normalized spacial score (nSPS) is 20.1. The molecule has 1 aliphatic rings. The first-order valence-corrected chi connectivity index (χ1v) is 11.9. The Morgan fingerprint density at radius 3 is 2.40 bits per heavy atom. The van der Waals surface area contributed by atoms with E-state index in [4.69, 9.17) is 14.5 Å². The summed E-state index contributed by atoms with van der Waals surface area (Å²) in [5, 5.41) is 2.87. The van der Waals surface area contributed by atoms with E-state index in [0.717, 1.165) is 21.4 Å². The molecular weight excluding hydrogens is 420 g/mol. The Hall–Kier alpha value is -1.67. The van der Waals surface area contributed by atoms with Crippen molar-refractivity contribution in [3.63, 3.8) is 0 Å². The lowest BCUT2D eigenvalue weighted by Crippen LogP contribution is -2.49. The van der Waals surface area contributed by atoms with E-state index in [0.29, 0.717) is 0 Å². The number of nitrogens with zero attached hydrogens (tertiary/aromatic N) is 1. The molecule has 1 aromatic rings. The second-order valence-electron chi connectivity index (χ2n) is 8.39. The Balaban J connectivity index is 2.44. The number of carbonyl (C=O) groups excluding carboxylic acids is 2. The van der Waals surface area contributed by atoms with Crippen molar-refractivity contribution in [2.75, 3.05) is 19.4 Å². The van der Waals surface area contributed by atoms with Gasteiger partial charge >= 0.3 is 6.09 Å². The van der Waals surface area contributed by atoms with E-state index in [1.165, 1.54) is 11.8 Å². The van der Waals surface area contributed by atoms with Crippen molar-refractivity contribution in [3.8, 4) is 5.75 Å². The third-order valence-electron chi connectivity index (χ3n) is 4.83. The van der Waals surface area contributed by atoms with Crippen LogP contribution >= 0.6 is 23.5 Å². The first kappa shape index (κ1) is 24.6. The van der Waals surface area contributed by atoms with E-state index in [-0.39, 0.29) is 23.5 Å². The highest BCUT2D eigenvalue weighted by Crippen LogP contribution is 2.47. The lowest BCUT2D eigenvalue weighted by molar-refractivity contribution is -0.117. The number of benzene rings is 1. The molecule has 0 fully saturated rings. The van der Waals surface area contributed by atoms with Crippen LogP contribution in [0.2, 0.25) is 0 Å². The van der Waals surface area contributed by atoms with Gasteiger partial charge in [0.2, 0.25) is 5.12 Å². The van der Waals surface area contributed by atoms with Crippen molar-refractivity contribution < 1.29 is 19.1 Å². The molecule has 2 rings (SSSR count). The van der Waals surface area contributed by atoms with Crippen LogP contribution < -0.4 is 10.1 Å². The zero-order chi connectivity index (χ0) is 22.5. The van der Waals surface area contributed by atoms with E-state index < -0.39 is 17.2 Å². The third-order valence-corrected chi connectivity index (χ3v) is 6.84. The molecule has 1 N–H and O–H groups in total. The van der Waals surface area contributed by atoms with Crippen LogP contribution in [0.5, 0.6) is 5.75 Å². The minimum Gasteiger partial charge on any atom is -0.497 e. The molecule has 1 aromatic carbocycles. The van der Waals surface area contributed by atoms with Crippen LogP contribution in [0.15, 0.2) is 29.3 Å². The van der Waals surface area contributed by atoms with Gasteiger partial charge in [-0.1, -0.05) is 44.7 Å². The number of nitrogens with one attached hydrogen (secondary N) is 1. The molecule has 1 aliphatic heterocycles. The minimum absolute atomic E-state index is 0.0141. The molecule has 30 heavy (non-hydrogen) atoms. The number of hydrogen-bond acceptors (Lipinski definition) is 7. The van der Waals surface area contributed by atoms with Crippen molar-refractivity contribution in [2.24, 2.45) is 10.9 Å². The third kappa shape index (κ3) is 5.72. The van der Waals surface area contributed by atoms with E-state index >= 15 is 0 Å². The van der Waals surface area contributed by atoms with Gasteiger partial charge in [-0.25, -0.2) is 4.79 Å². The molecule has 8 heteroatoms. The molecule has 0 radical (unpaired) electrons. The summed E-state index contributed by atoms with van der Waals surface area (Å²) >= 11 is 2.78. The molecule has 6 nitrogen and oxygen atoms in total. The lowest BCUT2D eigenvalue weighted by atomic mass is 9.73. The summed E-state index contributed by atoms with van der Waals surface area (Å²) in [5.74, 6) is 1.18. The zero-order valence-corrected chi connectivity index (χ0v) is 20.4. The fourth-order valence-electron chi connectivity index (χ4n) is 3.42. The Labute approximate surface area is 188 Å². The van der Waals surface area contributed by atoms with Crippen LogP contribution in [-0.2, 0) is 9.53 Å². The van der Waals surface area contributed by atoms with E-state index in [9.17, 15) is 9.59 Å². The van der Waals surface area contributed by atoms with Gasteiger partial charge in [-0.2, -0.15) is 0 Å². The fraction of sp³-hybridized carbons (Fsp3) is 0.591. The lowest BCUT2D eigenvalue weighted by Gasteiger charge is -2.37. The standard InChI is InChI=1S/C22H32N2O4S2/c1-8-29-20-24-22(14(2)3,18(25)30-20)17(13-23-19(26)28-21(4,5)6)15-9-11-16(27-7)12-10-15/h9-12,14,17H,8,13H2,1-7H3,(H,23,26)/t17-,22+/m1/s1. The number of amides is 1. The maximum absolute atomic E-state index is 13.3. The highest BCUT2D eigenvalue weighted by Gasteiger charge is 2.53. The predicted octanol–water partition coefficient (Wildman–Crippen LogP) is 5.08. The molecule has 1 amide bonds. The summed E-state index contributed by atoms with van der Waals surface area (Å²) in [4.78, 5) is 30.6. The molecule has 2 atom stereocenters. The summed E-state index contributed by atoms with van der Waals surface area (Å²) in [5.41, 5.74) is -0.649. The Morgan fingerprint density at radius 2 is 1.90 bits per heavy atom. The predicted molar refractivity (Wildman–Crippen MR) is 126 cm³/mol. The summed E-state index contributed by atoms with van der Waals surface area (Å²) in [6, 6.07) is 7.59. The number of methoxy groups -OCH3 is 1. The second kappa shape index (κ2) is 10.1. The van der Waals surface area contributed by atoms with Crippen LogP contribution in [0, 0.1) is 5.92 Å². The van der Waals surface area contributed by atoms with E-state index in [1.807, 2.05) is 65.8 Å². The highest BCUT2D eigenvalue weighted by molar-refractivity contribution is 8.45. The summed E-state index contributed by atoms with van der Waals surface area (Å²) < 4.78 is 11.5. The number of rotatable bonds is 7. The van der Waals surface area contributed by atoms with Gasteiger partial charge in [0.15, 0.2) is 0 Å². The SMILES string of the molecule is CCSC1=N[C@@](C(C)C)([C@H](CNC(=O)OC(C)(C)C)c2ccc(OC)cc2)C(=O)S1. The van der Waals surface area contributed by atoms with E-state index in [2.05, 4.69) is 5.32 Å². The minimum atomic E-state index is -0.966. The molecular formula is C22H32N2O4S2. The Kier molecular flexibility index (Phi) is 8.27. The van der Waals surface area contributed by atoms with Crippen LogP contribution in [-0.4, -0.2) is 46.1 Å². The van der Waals surface area contributed by atoms with Gasteiger partial charge < -0.3 is 14.8 Å². The summed E-state index contributed by atoms with van der Waals surface area (Å²) in [7, 11) is 1.61. The topological polar surface area (TPSA) is 77.0 Å². The molecule has 1 heterocycles. The first-order chi connectivity index (χ1) is 14.0. The molecule has 0 saturated carbocycles. The number of carbonyl (C=O) groups is 2. The monoisotopic (exact) mass is 452 g/mol. The van der Waals surface area contributed by atoms with Gasteiger partial charge in [0, 0.05) is 12.5 Å². The van der Waals surface area contributed by atoms with Crippen LogP contribution in [0.3, 0.4) is 0 Å². The maximum atomic E-state index is 13.3. The van der Waals surface area contributed by atoms with Crippen molar-refractivity contribution in [2.45, 2.75) is 58.6 Å². The van der Waals surface area contributed by atoms with Gasteiger partial charge in [0.1, 0.15) is 21.3 Å². The average Bonchev–Trinajstić information content (AvgIpc) is 2.98. The summed E-state index contributed by atoms with van der Waals surface area (Å²) in [6.45, 7) is 11.7. The first-order valence-electron chi connectivity index (χ1n) is 10.1. The molecule has 0 bridgehead atoms. The zero-order valence-electron chi connectivity index (χ0n) is 18.8. The van der Waals surface area contributed by atoms with Gasteiger partial charge in [0.25, 0.3) is 0 Å². The fourth-order valence-corrected chi connectivity index (χ4v) is 5.64. The number of aliphatic imine (C=N–C) groups is 1. The van der Waals surface area contributed by atoms with Gasteiger partial charge in [-0.05, 0) is 61.9 Å². The molecule has 0 saturated heterocycles. The number of thioether (sulfide) groups is 2. The van der Waals surface area contributed by atoms with Crippen LogP contribution in [0.1, 0.15) is 53.0 Å². The number of hydrogen-bond donors (Lipinski definition) is 1. The molecule has 0 aliphatic carbocycles. The van der Waals surface area contributed by atoms with Crippen molar-refractivity contribution in [3.05, 3.63) is 29.8 Å². The van der Waals surface area contributed by atoms with Crippen LogP contribution in [0.4, 0.5) is 4.79 Å².